The van der Waals surface area contributed by atoms with Gasteiger partial charge in [0.1, 0.15) is 6.04 Å². The minimum Gasteiger partial charge on any atom is -0.453 e. The summed E-state index contributed by atoms with van der Waals surface area (Å²) in [7, 11) is 1.28. The van der Waals surface area contributed by atoms with Crippen LogP contribution in [0.5, 0.6) is 0 Å². The number of benzene rings is 4. The number of carbonyl (C=O) groups is 3. The lowest BCUT2D eigenvalue weighted by Gasteiger charge is -2.31. The number of carbonyl (C=O) groups excluding carboxylic acids is 3. The smallest absolute Gasteiger partial charge is 0.407 e. The molecule has 1 aliphatic heterocycles. The van der Waals surface area contributed by atoms with Crippen molar-refractivity contribution in [1.82, 2.24) is 16.0 Å². The standard InChI is InChI=1S/C37H39ClN4O5/c1-46-37(45)42-34(33(26-13-4-2-5-14-26)27-15-6-3-7-16-27)36(44)41-32-19-11-8-12-25(32)20-21-29-23-39-28(24-47-29)22-40-35(43)30-17-9-10-18-31(30)38/h2-19,28-29,33-34,39H,20-24H2,1H3,(H,40,43)(H,41,44)(H,42,45)/t28-,29-,34?/m1/s1. The number of nitrogens with one attached hydrogen (secondary N) is 4. The predicted octanol–water partition coefficient (Wildman–Crippen LogP) is 5.55. The number of hydrogen-bond donors (Lipinski definition) is 4. The number of alkyl carbamates (subject to hydrolysis) is 1. The van der Waals surface area contributed by atoms with Gasteiger partial charge in [-0.25, -0.2) is 4.79 Å². The second-order valence-corrected chi connectivity index (χ2v) is 11.8. The Morgan fingerprint density at radius 3 is 2.17 bits per heavy atom. The number of hydrogen-bond acceptors (Lipinski definition) is 6. The lowest BCUT2D eigenvalue weighted by atomic mass is 9.84. The first-order chi connectivity index (χ1) is 22.9. The summed E-state index contributed by atoms with van der Waals surface area (Å²) in [6.07, 6.45) is 0.647. The molecule has 0 radical (unpaired) electrons. The van der Waals surface area contributed by atoms with Crippen LogP contribution >= 0.6 is 11.6 Å². The van der Waals surface area contributed by atoms with Gasteiger partial charge in [0, 0.05) is 30.7 Å². The number of ether oxygens (including phenoxy) is 2. The van der Waals surface area contributed by atoms with Crippen molar-refractivity contribution < 1.29 is 23.9 Å². The Morgan fingerprint density at radius 2 is 1.53 bits per heavy atom. The van der Waals surface area contributed by atoms with Crippen molar-refractivity contribution in [2.45, 2.75) is 36.9 Å². The predicted molar refractivity (Wildman–Crippen MR) is 183 cm³/mol. The van der Waals surface area contributed by atoms with E-state index in [0.717, 1.165) is 23.1 Å². The van der Waals surface area contributed by atoms with E-state index >= 15 is 0 Å². The van der Waals surface area contributed by atoms with E-state index in [1.807, 2.05) is 84.9 Å². The molecule has 47 heavy (non-hydrogen) atoms. The van der Waals surface area contributed by atoms with Gasteiger partial charge >= 0.3 is 6.09 Å². The highest BCUT2D eigenvalue weighted by molar-refractivity contribution is 6.33. The van der Waals surface area contributed by atoms with E-state index in [9.17, 15) is 14.4 Å². The van der Waals surface area contributed by atoms with Crippen molar-refractivity contribution in [2.75, 3.05) is 32.1 Å². The summed E-state index contributed by atoms with van der Waals surface area (Å²) in [5.74, 6) is -1.05. The summed E-state index contributed by atoms with van der Waals surface area (Å²) >= 11 is 6.14. The molecule has 244 valence electrons. The monoisotopic (exact) mass is 654 g/mol. The first kappa shape index (κ1) is 33.7. The van der Waals surface area contributed by atoms with E-state index < -0.39 is 18.1 Å². The van der Waals surface area contributed by atoms with Crippen molar-refractivity contribution in [2.24, 2.45) is 0 Å². The average molecular weight is 655 g/mol. The second-order valence-electron chi connectivity index (χ2n) is 11.3. The van der Waals surface area contributed by atoms with Crippen LogP contribution < -0.4 is 21.3 Å². The molecule has 1 heterocycles. The van der Waals surface area contributed by atoms with E-state index in [1.165, 1.54) is 7.11 Å². The molecule has 1 fully saturated rings. The third kappa shape index (κ3) is 9.19. The van der Waals surface area contributed by atoms with Gasteiger partial charge in [0.15, 0.2) is 0 Å². The quantitative estimate of drug-likeness (QED) is 0.159. The number of rotatable bonds is 12. The summed E-state index contributed by atoms with van der Waals surface area (Å²) in [5, 5.41) is 12.7. The van der Waals surface area contributed by atoms with Crippen LogP contribution in [-0.4, -0.2) is 62.9 Å². The van der Waals surface area contributed by atoms with Gasteiger partial charge in [-0.2, -0.15) is 0 Å². The molecule has 0 bridgehead atoms. The minimum atomic E-state index is -0.957. The van der Waals surface area contributed by atoms with Crippen LogP contribution in [0.25, 0.3) is 0 Å². The number of morpholine rings is 1. The molecule has 4 aromatic carbocycles. The summed E-state index contributed by atoms with van der Waals surface area (Å²) in [6, 6.07) is 32.9. The van der Waals surface area contributed by atoms with Gasteiger partial charge in [-0.3, -0.25) is 9.59 Å². The van der Waals surface area contributed by atoms with E-state index in [0.29, 0.717) is 42.4 Å². The number of anilines is 1. The highest BCUT2D eigenvalue weighted by atomic mass is 35.5. The lowest BCUT2D eigenvalue weighted by molar-refractivity contribution is -0.118. The maximum Gasteiger partial charge on any atom is 0.407 e. The Morgan fingerprint density at radius 1 is 0.894 bits per heavy atom. The number of methoxy groups -OCH3 is 1. The fourth-order valence-corrected chi connectivity index (χ4v) is 5.93. The first-order valence-corrected chi connectivity index (χ1v) is 16.0. The summed E-state index contributed by atoms with van der Waals surface area (Å²) in [4.78, 5) is 39.0. The van der Waals surface area contributed by atoms with Gasteiger partial charge < -0.3 is 30.7 Å². The van der Waals surface area contributed by atoms with Crippen molar-refractivity contribution in [1.29, 1.82) is 0 Å². The SMILES string of the molecule is COC(=O)NC(C(=O)Nc1ccccc1CC[C@@H]1CN[C@H](CNC(=O)c2ccccc2Cl)CO1)C(c1ccccc1)c1ccccc1. The molecule has 3 atom stereocenters. The number of aryl methyl sites for hydroxylation is 1. The molecule has 0 aliphatic carbocycles. The van der Waals surface area contributed by atoms with Crippen LogP contribution in [0.3, 0.4) is 0 Å². The normalized spacial score (nSPS) is 16.6. The number of para-hydroxylation sites is 1. The molecule has 1 aliphatic rings. The molecule has 10 heteroatoms. The minimum absolute atomic E-state index is 0.0225. The van der Waals surface area contributed by atoms with Crippen molar-refractivity contribution >= 4 is 35.2 Å². The van der Waals surface area contributed by atoms with Crippen molar-refractivity contribution in [3.8, 4) is 0 Å². The summed E-state index contributed by atoms with van der Waals surface area (Å²) in [6.45, 7) is 1.49. The van der Waals surface area contributed by atoms with Gasteiger partial charge in [-0.05, 0) is 47.7 Å². The van der Waals surface area contributed by atoms with Crippen LogP contribution in [0.4, 0.5) is 10.5 Å². The van der Waals surface area contributed by atoms with Crippen LogP contribution in [0, 0.1) is 0 Å². The molecule has 0 aromatic heterocycles. The Bertz CT molecular complexity index is 1590. The van der Waals surface area contributed by atoms with E-state index in [1.54, 1.807) is 24.3 Å². The van der Waals surface area contributed by atoms with Gasteiger partial charge in [0.05, 0.1) is 30.4 Å². The fourth-order valence-electron chi connectivity index (χ4n) is 5.71. The molecule has 4 N–H and O–H groups in total. The zero-order valence-electron chi connectivity index (χ0n) is 26.2. The summed E-state index contributed by atoms with van der Waals surface area (Å²) in [5.41, 5.74) is 3.82. The van der Waals surface area contributed by atoms with Gasteiger partial charge in [0.2, 0.25) is 5.91 Å². The van der Waals surface area contributed by atoms with Crippen LogP contribution in [0.2, 0.25) is 5.02 Å². The van der Waals surface area contributed by atoms with E-state index in [2.05, 4.69) is 21.3 Å². The molecule has 5 rings (SSSR count). The van der Waals surface area contributed by atoms with E-state index in [-0.39, 0.29) is 24.0 Å². The maximum atomic E-state index is 14.0. The van der Waals surface area contributed by atoms with Crippen LogP contribution in [0.1, 0.15) is 39.4 Å². The van der Waals surface area contributed by atoms with Crippen LogP contribution in [-0.2, 0) is 20.7 Å². The topological polar surface area (TPSA) is 118 Å². The van der Waals surface area contributed by atoms with Crippen molar-refractivity contribution in [3.05, 3.63) is 136 Å². The number of amides is 3. The Hall–Kier alpha value is -4.70. The molecular formula is C37H39ClN4O5. The van der Waals surface area contributed by atoms with Crippen molar-refractivity contribution in [3.63, 3.8) is 0 Å². The lowest BCUT2D eigenvalue weighted by Crippen LogP contribution is -2.51. The van der Waals surface area contributed by atoms with E-state index in [4.69, 9.17) is 21.1 Å². The Kier molecular flexibility index (Phi) is 12.0. The molecule has 9 nitrogen and oxygen atoms in total. The second kappa shape index (κ2) is 16.7. The molecule has 3 amide bonds. The van der Waals surface area contributed by atoms with Gasteiger partial charge in [-0.15, -0.1) is 0 Å². The zero-order chi connectivity index (χ0) is 33.0. The fraction of sp³-hybridized carbons (Fsp3) is 0.270. The zero-order valence-corrected chi connectivity index (χ0v) is 26.9. The van der Waals surface area contributed by atoms with Crippen LogP contribution in [0.15, 0.2) is 109 Å². The highest BCUT2D eigenvalue weighted by Crippen LogP contribution is 2.30. The third-order valence-electron chi connectivity index (χ3n) is 8.20. The maximum absolute atomic E-state index is 14.0. The molecular weight excluding hydrogens is 616 g/mol. The largest absolute Gasteiger partial charge is 0.453 e. The molecule has 0 saturated carbocycles. The third-order valence-corrected chi connectivity index (χ3v) is 8.53. The Labute approximate surface area is 280 Å². The van der Waals surface area contributed by atoms with Gasteiger partial charge in [0.25, 0.3) is 5.91 Å². The molecule has 4 aromatic rings. The number of halogens is 1. The summed E-state index contributed by atoms with van der Waals surface area (Å²) < 4.78 is 11.0. The Balaban J connectivity index is 1.21. The first-order valence-electron chi connectivity index (χ1n) is 15.6. The molecule has 1 unspecified atom stereocenters. The highest BCUT2D eigenvalue weighted by Gasteiger charge is 2.33. The molecule has 1 saturated heterocycles. The molecule has 0 spiro atoms. The average Bonchev–Trinajstić information content (AvgIpc) is 3.11. The van der Waals surface area contributed by atoms with Gasteiger partial charge in [-0.1, -0.05) is 103 Å².